The van der Waals surface area contributed by atoms with Crippen LogP contribution in [0.15, 0.2) is 18.2 Å². The Balaban J connectivity index is 2.67. The van der Waals surface area contributed by atoms with Crippen molar-refractivity contribution in [3.05, 3.63) is 29.6 Å². The lowest BCUT2D eigenvalue weighted by Gasteiger charge is -2.09. The second-order valence-corrected chi connectivity index (χ2v) is 3.63. The molecular weight excluding hydrogens is 264 g/mol. The molecule has 0 saturated heterocycles. The molecule has 1 N–H and O–H groups in total. The van der Waals surface area contributed by atoms with Crippen LogP contribution in [0.2, 0.25) is 0 Å². The van der Waals surface area contributed by atoms with E-state index in [2.05, 4.69) is 11.8 Å². The summed E-state index contributed by atoms with van der Waals surface area (Å²) in [6, 6.07) is 3.69. The van der Waals surface area contributed by atoms with Crippen molar-refractivity contribution in [2.24, 2.45) is 0 Å². The van der Waals surface area contributed by atoms with Crippen LogP contribution in [-0.4, -0.2) is 24.5 Å². The standard InChI is InChI=1S/C13H12F4O2/c14-11-5-4-10(3-1-2-7-18)9-12(11)19-8-6-13(15,16)17/h4-5,9,18H,2,6-8H2. The van der Waals surface area contributed by atoms with E-state index in [1.165, 1.54) is 12.1 Å². The van der Waals surface area contributed by atoms with Gasteiger partial charge in [-0.05, 0) is 18.2 Å². The van der Waals surface area contributed by atoms with Crippen LogP contribution in [0.5, 0.6) is 5.75 Å². The number of benzene rings is 1. The number of aliphatic hydroxyl groups is 1. The van der Waals surface area contributed by atoms with E-state index in [4.69, 9.17) is 9.84 Å². The fourth-order valence-corrected chi connectivity index (χ4v) is 1.19. The number of hydrogen-bond donors (Lipinski definition) is 1. The highest BCUT2D eigenvalue weighted by Gasteiger charge is 2.27. The number of alkyl halides is 3. The van der Waals surface area contributed by atoms with Gasteiger partial charge in [-0.3, -0.25) is 0 Å². The third-order valence-electron chi connectivity index (χ3n) is 2.04. The number of ether oxygens (including phenoxy) is 1. The van der Waals surface area contributed by atoms with Crippen LogP contribution in [0.3, 0.4) is 0 Å². The van der Waals surface area contributed by atoms with Gasteiger partial charge in [-0.2, -0.15) is 13.2 Å². The van der Waals surface area contributed by atoms with Crippen molar-refractivity contribution in [3.63, 3.8) is 0 Å². The average Bonchev–Trinajstić information content (AvgIpc) is 2.31. The fourth-order valence-electron chi connectivity index (χ4n) is 1.19. The first-order valence-corrected chi connectivity index (χ1v) is 5.51. The maximum absolute atomic E-state index is 13.3. The molecular formula is C13H12F4O2. The van der Waals surface area contributed by atoms with Crippen LogP contribution in [0, 0.1) is 17.7 Å². The van der Waals surface area contributed by atoms with Crippen molar-refractivity contribution >= 4 is 0 Å². The summed E-state index contributed by atoms with van der Waals surface area (Å²) in [5.74, 6) is 4.26. The molecule has 0 spiro atoms. The molecule has 0 atom stereocenters. The number of hydrogen-bond acceptors (Lipinski definition) is 2. The van der Waals surface area contributed by atoms with E-state index >= 15 is 0 Å². The van der Waals surface area contributed by atoms with E-state index in [1.807, 2.05) is 0 Å². The first-order chi connectivity index (χ1) is 8.92. The van der Waals surface area contributed by atoms with Crippen molar-refractivity contribution < 1.29 is 27.4 Å². The third-order valence-corrected chi connectivity index (χ3v) is 2.04. The minimum Gasteiger partial charge on any atom is -0.490 e. The fraction of sp³-hybridized carbons (Fsp3) is 0.385. The summed E-state index contributed by atoms with van der Waals surface area (Å²) in [6.07, 6.45) is -5.22. The molecule has 6 heteroatoms. The van der Waals surface area contributed by atoms with Gasteiger partial charge in [0.1, 0.15) is 0 Å². The summed E-state index contributed by atoms with van der Waals surface area (Å²) in [7, 11) is 0. The molecule has 0 aliphatic carbocycles. The Kier molecular flexibility index (Phi) is 5.64. The van der Waals surface area contributed by atoms with E-state index in [0.29, 0.717) is 5.56 Å². The molecule has 104 valence electrons. The summed E-state index contributed by atoms with van der Waals surface area (Å²) in [5.41, 5.74) is 0.414. The smallest absolute Gasteiger partial charge is 0.392 e. The van der Waals surface area contributed by atoms with Gasteiger partial charge in [0.2, 0.25) is 0 Å². The van der Waals surface area contributed by atoms with Crippen molar-refractivity contribution in [1.29, 1.82) is 0 Å². The van der Waals surface area contributed by atoms with Crippen LogP contribution in [0.4, 0.5) is 17.6 Å². The van der Waals surface area contributed by atoms with Gasteiger partial charge in [0.25, 0.3) is 0 Å². The molecule has 0 heterocycles. The van der Waals surface area contributed by atoms with Gasteiger partial charge in [-0.1, -0.05) is 11.8 Å². The maximum atomic E-state index is 13.3. The number of aliphatic hydroxyl groups excluding tert-OH is 1. The summed E-state index contributed by atoms with van der Waals surface area (Å²) in [6.45, 7) is -0.739. The summed E-state index contributed by atoms with van der Waals surface area (Å²) in [4.78, 5) is 0. The molecule has 19 heavy (non-hydrogen) atoms. The third kappa shape index (κ3) is 6.11. The Morgan fingerprint density at radius 2 is 2.00 bits per heavy atom. The van der Waals surface area contributed by atoms with Gasteiger partial charge in [0.15, 0.2) is 11.6 Å². The summed E-state index contributed by atoms with van der Waals surface area (Å²) < 4.78 is 53.8. The van der Waals surface area contributed by atoms with Gasteiger partial charge in [-0.15, -0.1) is 0 Å². The molecule has 1 aromatic rings. The SMILES string of the molecule is OCCC#Cc1ccc(F)c(OCCC(F)(F)F)c1. The molecule has 0 aliphatic heterocycles. The van der Waals surface area contributed by atoms with Gasteiger partial charge in [-0.25, -0.2) is 4.39 Å². The monoisotopic (exact) mass is 276 g/mol. The molecule has 2 nitrogen and oxygen atoms in total. The quantitative estimate of drug-likeness (QED) is 0.677. The van der Waals surface area contributed by atoms with E-state index in [1.54, 1.807) is 0 Å². The van der Waals surface area contributed by atoms with Gasteiger partial charge in [0.05, 0.1) is 19.6 Å². The molecule has 0 radical (unpaired) electrons. The van der Waals surface area contributed by atoms with Crippen LogP contribution < -0.4 is 4.74 Å². The van der Waals surface area contributed by atoms with Crippen molar-refractivity contribution in [3.8, 4) is 17.6 Å². The van der Waals surface area contributed by atoms with Crippen molar-refractivity contribution in [2.45, 2.75) is 19.0 Å². The second kappa shape index (κ2) is 7.00. The van der Waals surface area contributed by atoms with E-state index in [9.17, 15) is 17.6 Å². The minimum absolute atomic E-state index is 0.0941. The average molecular weight is 276 g/mol. The zero-order valence-corrected chi connectivity index (χ0v) is 9.93. The minimum atomic E-state index is -4.34. The zero-order valence-electron chi connectivity index (χ0n) is 9.93. The van der Waals surface area contributed by atoms with Gasteiger partial charge in [0, 0.05) is 12.0 Å². The lowest BCUT2D eigenvalue weighted by Crippen LogP contribution is -2.13. The zero-order chi connectivity index (χ0) is 14.3. The van der Waals surface area contributed by atoms with E-state index in [-0.39, 0.29) is 18.8 Å². The molecule has 1 aromatic carbocycles. The molecule has 0 fully saturated rings. The van der Waals surface area contributed by atoms with Crippen LogP contribution in [-0.2, 0) is 0 Å². The van der Waals surface area contributed by atoms with Crippen LogP contribution >= 0.6 is 0 Å². The lowest BCUT2D eigenvalue weighted by molar-refractivity contribution is -0.139. The predicted molar refractivity (Wildman–Crippen MR) is 61.1 cm³/mol. The first-order valence-electron chi connectivity index (χ1n) is 5.51. The van der Waals surface area contributed by atoms with Crippen LogP contribution in [0.1, 0.15) is 18.4 Å². The Morgan fingerprint density at radius 3 is 2.63 bits per heavy atom. The number of halogens is 4. The Bertz CT molecular complexity index is 472. The summed E-state index contributed by atoms with van der Waals surface area (Å²) in [5, 5.41) is 8.54. The maximum Gasteiger partial charge on any atom is 0.392 e. The van der Waals surface area contributed by atoms with Crippen LogP contribution in [0.25, 0.3) is 0 Å². The Hall–Kier alpha value is -1.74. The Labute approximate surface area is 108 Å². The normalized spacial score (nSPS) is 10.8. The number of rotatable bonds is 4. The molecule has 0 amide bonds. The first kappa shape index (κ1) is 15.3. The lowest BCUT2D eigenvalue weighted by atomic mass is 10.2. The van der Waals surface area contributed by atoms with E-state index < -0.39 is 25.0 Å². The van der Waals surface area contributed by atoms with Gasteiger partial charge < -0.3 is 9.84 Å². The Morgan fingerprint density at radius 1 is 1.26 bits per heavy atom. The van der Waals surface area contributed by atoms with E-state index in [0.717, 1.165) is 6.07 Å². The highest BCUT2D eigenvalue weighted by Crippen LogP contribution is 2.22. The van der Waals surface area contributed by atoms with Gasteiger partial charge >= 0.3 is 6.18 Å². The highest BCUT2D eigenvalue weighted by atomic mass is 19.4. The molecule has 0 saturated carbocycles. The molecule has 0 unspecified atom stereocenters. The van der Waals surface area contributed by atoms with Crippen molar-refractivity contribution in [1.82, 2.24) is 0 Å². The van der Waals surface area contributed by atoms with Crippen molar-refractivity contribution in [2.75, 3.05) is 13.2 Å². The highest BCUT2D eigenvalue weighted by molar-refractivity contribution is 5.40. The second-order valence-electron chi connectivity index (χ2n) is 3.63. The predicted octanol–water partition coefficient (Wildman–Crippen LogP) is 2.89. The molecule has 1 rings (SSSR count). The summed E-state index contributed by atoms with van der Waals surface area (Å²) >= 11 is 0. The molecule has 0 aliphatic rings. The molecule has 0 bridgehead atoms. The molecule has 0 aromatic heterocycles. The topological polar surface area (TPSA) is 29.5 Å². The largest absolute Gasteiger partial charge is 0.490 e.